The lowest BCUT2D eigenvalue weighted by Gasteiger charge is -2.27. The van der Waals surface area contributed by atoms with Crippen molar-refractivity contribution in [2.24, 2.45) is 0 Å². The van der Waals surface area contributed by atoms with Gasteiger partial charge in [0.25, 0.3) is 11.8 Å². The molecule has 186 valence electrons. The molecule has 0 bridgehead atoms. The minimum absolute atomic E-state index is 0.189. The first-order valence-electron chi connectivity index (χ1n) is 12.1. The van der Waals surface area contributed by atoms with E-state index in [1.165, 1.54) is 0 Å². The molecule has 7 nitrogen and oxygen atoms in total. The first-order valence-corrected chi connectivity index (χ1v) is 12.1. The van der Waals surface area contributed by atoms with Crippen LogP contribution in [0.25, 0.3) is 11.1 Å². The van der Waals surface area contributed by atoms with Gasteiger partial charge in [0.1, 0.15) is 17.8 Å². The highest BCUT2D eigenvalue weighted by Gasteiger charge is 2.61. The molecular formula is C29H30N2O5. The summed E-state index contributed by atoms with van der Waals surface area (Å²) in [7, 11) is 0. The van der Waals surface area contributed by atoms with Crippen molar-refractivity contribution in [3.05, 3.63) is 96.1 Å². The van der Waals surface area contributed by atoms with E-state index < -0.39 is 23.6 Å². The Bertz CT molecular complexity index is 1230. The maximum atomic E-state index is 13.2. The topological polar surface area (TPSA) is 85.9 Å². The monoisotopic (exact) mass is 486 g/mol. The van der Waals surface area contributed by atoms with Crippen LogP contribution in [0.4, 0.5) is 0 Å². The first kappa shape index (κ1) is 24.2. The van der Waals surface area contributed by atoms with E-state index in [1.54, 1.807) is 12.1 Å². The second-order valence-corrected chi connectivity index (χ2v) is 9.62. The second-order valence-electron chi connectivity index (χ2n) is 9.62. The molecule has 36 heavy (non-hydrogen) atoms. The van der Waals surface area contributed by atoms with Crippen molar-refractivity contribution in [1.29, 1.82) is 0 Å². The molecule has 2 N–H and O–H groups in total. The highest BCUT2D eigenvalue weighted by Crippen LogP contribution is 2.43. The van der Waals surface area contributed by atoms with Gasteiger partial charge >= 0.3 is 0 Å². The van der Waals surface area contributed by atoms with Crippen molar-refractivity contribution in [3.63, 3.8) is 0 Å². The lowest BCUT2D eigenvalue weighted by molar-refractivity contribution is -0.188. The Morgan fingerprint density at radius 3 is 2.28 bits per heavy atom. The number of amides is 2. The van der Waals surface area contributed by atoms with Crippen molar-refractivity contribution in [2.75, 3.05) is 19.7 Å². The van der Waals surface area contributed by atoms with Crippen LogP contribution in [0.3, 0.4) is 0 Å². The summed E-state index contributed by atoms with van der Waals surface area (Å²) in [5.41, 5.74) is 2.16. The Labute approximate surface area is 210 Å². The number of fused-ring (bicyclic) bond motifs is 1. The molecule has 5 rings (SSSR count). The van der Waals surface area contributed by atoms with E-state index in [4.69, 9.17) is 14.2 Å². The van der Waals surface area contributed by atoms with E-state index in [-0.39, 0.29) is 31.5 Å². The van der Waals surface area contributed by atoms with Gasteiger partial charge in [-0.1, -0.05) is 66.7 Å². The van der Waals surface area contributed by atoms with E-state index >= 15 is 0 Å². The fourth-order valence-corrected chi connectivity index (χ4v) is 4.96. The fourth-order valence-electron chi connectivity index (χ4n) is 4.96. The van der Waals surface area contributed by atoms with Gasteiger partial charge in [-0.2, -0.15) is 0 Å². The zero-order valence-corrected chi connectivity index (χ0v) is 20.4. The summed E-state index contributed by atoms with van der Waals surface area (Å²) < 4.78 is 18.5. The molecule has 2 aliphatic rings. The van der Waals surface area contributed by atoms with E-state index in [0.29, 0.717) is 11.1 Å². The number of rotatable bonds is 7. The van der Waals surface area contributed by atoms with Gasteiger partial charge in [0.2, 0.25) is 0 Å². The predicted octanol–water partition coefficient (Wildman–Crippen LogP) is 3.80. The lowest BCUT2D eigenvalue weighted by atomic mass is 9.96. The van der Waals surface area contributed by atoms with Crippen molar-refractivity contribution in [2.45, 2.75) is 37.4 Å². The largest absolute Gasteiger partial charge is 0.370 e. The van der Waals surface area contributed by atoms with Crippen LogP contribution in [0.1, 0.15) is 34.6 Å². The average molecular weight is 487 g/mol. The molecule has 0 aliphatic carbocycles. The highest BCUT2D eigenvalue weighted by atomic mass is 16.8. The number of carbonyl (C=O) groups excluding carboxylic acids is 2. The number of benzene rings is 3. The number of carbonyl (C=O) groups is 2. The first-order chi connectivity index (χ1) is 17.4. The standard InChI is InChI=1S/C29H30N2O5/c1-28(2)35-25-24(34-19-29(25,36-28)18-31-26(32)21-13-7-4-8-14-21)17-30-27(33)23-16-10-9-15-22(23)20-11-5-3-6-12-20/h3-16,24-25H,17-19H2,1-2H3,(H,30,33)(H,31,32)/t24-,25-,29+/m1/s1. The third-order valence-corrected chi connectivity index (χ3v) is 6.56. The van der Waals surface area contributed by atoms with Crippen LogP contribution < -0.4 is 10.6 Å². The third-order valence-electron chi connectivity index (χ3n) is 6.56. The third kappa shape index (κ3) is 4.91. The van der Waals surface area contributed by atoms with Gasteiger partial charge in [0.15, 0.2) is 5.79 Å². The smallest absolute Gasteiger partial charge is 0.252 e. The van der Waals surface area contributed by atoms with Gasteiger partial charge in [0.05, 0.1) is 13.2 Å². The van der Waals surface area contributed by atoms with Crippen LogP contribution in [-0.4, -0.2) is 55.1 Å². The summed E-state index contributed by atoms with van der Waals surface area (Å²) in [5, 5.41) is 5.98. The second kappa shape index (κ2) is 9.85. The molecule has 3 aromatic rings. The molecule has 2 fully saturated rings. The Morgan fingerprint density at radius 2 is 1.53 bits per heavy atom. The van der Waals surface area contributed by atoms with Gasteiger partial charge in [-0.05, 0) is 43.2 Å². The van der Waals surface area contributed by atoms with Crippen molar-refractivity contribution in [3.8, 4) is 11.1 Å². The lowest BCUT2D eigenvalue weighted by Crippen LogP contribution is -2.52. The summed E-state index contributed by atoms with van der Waals surface area (Å²) in [5.74, 6) is -1.22. The van der Waals surface area contributed by atoms with Crippen LogP contribution >= 0.6 is 0 Å². The average Bonchev–Trinajstić information content (AvgIpc) is 3.36. The molecule has 0 saturated carbocycles. The molecule has 2 heterocycles. The molecule has 0 radical (unpaired) electrons. The Hall–Kier alpha value is -3.52. The molecule has 3 atom stereocenters. The molecular weight excluding hydrogens is 456 g/mol. The van der Waals surface area contributed by atoms with Crippen LogP contribution in [0.15, 0.2) is 84.9 Å². The zero-order chi connectivity index (χ0) is 25.2. The maximum Gasteiger partial charge on any atom is 0.252 e. The zero-order valence-electron chi connectivity index (χ0n) is 20.4. The number of hydrogen-bond acceptors (Lipinski definition) is 5. The number of hydrogen-bond donors (Lipinski definition) is 2. The number of ether oxygens (including phenoxy) is 3. The van der Waals surface area contributed by atoms with Gasteiger partial charge in [-0.25, -0.2) is 0 Å². The van der Waals surface area contributed by atoms with Crippen LogP contribution in [0.5, 0.6) is 0 Å². The SMILES string of the molecule is CC1(C)O[C@@H]2[C@@H](CNC(=O)c3ccccc3-c3ccccc3)OC[C@]2(CNC(=O)c2ccccc2)O1. The molecule has 7 heteroatoms. The van der Waals surface area contributed by atoms with Crippen molar-refractivity contribution in [1.82, 2.24) is 10.6 Å². The van der Waals surface area contributed by atoms with Gasteiger partial charge in [-0.15, -0.1) is 0 Å². The predicted molar refractivity (Wildman–Crippen MR) is 135 cm³/mol. The highest BCUT2D eigenvalue weighted by molar-refractivity contribution is 6.00. The van der Waals surface area contributed by atoms with Gasteiger partial charge < -0.3 is 24.8 Å². The number of nitrogens with one attached hydrogen (secondary N) is 2. The van der Waals surface area contributed by atoms with Crippen molar-refractivity contribution >= 4 is 11.8 Å². The Balaban J connectivity index is 1.27. The molecule has 2 saturated heterocycles. The Kier molecular flexibility index (Phi) is 6.62. The van der Waals surface area contributed by atoms with E-state index in [1.807, 2.05) is 86.6 Å². The van der Waals surface area contributed by atoms with E-state index in [2.05, 4.69) is 10.6 Å². The maximum absolute atomic E-state index is 13.2. The van der Waals surface area contributed by atoms with Crippen LogP contribution in [0.2, 0.25) is 0 Å². The van der Waals surface area contributed by atoms with Crippen LogP contribution in [-0.2, 0) is 14.2 Å². The van der Waals surface area contributed by atoms with E-state index in [0.717, 1.165) is 11.1 Å². The van der Waals surface area contributed by atoms with Crippen molar-refractivity contribution < 1.29 is 23.8 Å². The van der Waals surface area contributed by atoms with Gasteiger partial charge in [-0.3, -0.25) is 9.59 Å². The fraction of sp³-hybridized carbons (Fsp3) is 0.310. The molecule has 0 unspecified atom stereocenters. The summed E-state index contributed by atoms with van der Waals surface area (Å²) in [6.45, 7) is 4.42. The molecule has 3 aromatic carbocycles. The summed E-state index contributed by atoms with van der Waals surface area (Å²) in [4.78, 5) is 25.8. The quantitative estimate of drug-likeness (QED) is 0.531. The minimum Gasteiger partial charge on any atom is -0.370 e. The van der Waals surface area contributed by atoms with Crippen LogP contribution in [0, 0.1) is 0 Å². The minimum atomic E-state index is -0.842. The molecule has 0 spiro atoms. The Morgan fingerprint density at radius 1 is 0.861 bits per heavy atom. The molecule has 2 amide bonds. The molecule has 2 aliphatic heterocycles. The van der Waals surface area contributed by atoms with Gasteiger partial charge in [0, 0.05) is 17.7 Å². The normalized spacial score (nSPS) is 24.2. The summed E-state index contributed by atoms with van der Waals surface area (Å²) >= 11 is 0. The summed E-state index contributed by atoms with van der Waals surface area (Å²) in [6.07, 6.45) is -0.874. The summed E-state index contributed by atoms with van der Waals surface area (Å²) in [6, 6.07) is 26.4. The van der Waals surface area contributed by atoms with E-state index in [9.17, 15) is 9.59 Å². The molecule has 0 aromatic heterocycles.